The lowest BCUT2D eigenvalue weighted by molar-refractivity contribution is -0.138. The first-order chi connectivity index (χ1) is 19.6. The summed E-state index contributed by atoms with van der Waals surface area (Å²) < 4.78 is 108. The zero-order valence-electron chi connectivity index (χ0n) is 23.2. The quantitative estimate of drug-likeness (QED) is 0.276. The van der Waals surface area contributed by atoms with Crippen LogP contribution in [0.15, 0.2) is 48.5 Å². The predicted molar refractivity (Wildman–Crippen MR) is 140 cm³/mol. The Morgan fingerprint density at radius 2 is 1.60 bits per heavy atom. The second kappa shape index (κ2) is 10.5. The van der Waals surface area contributed by atoms with E-state index in [1.807, 2.05) is 0 Å². The van der Waals surface area contributed by atoms with Gasteiger partial charge in [0.2, 0.25) is 0 Å². The van der Waals surface area contributed by atoms with Gasteiger partial charge >= 0.3 is 18.4 Å². The molecule has 0 saturated carbocycles. The van der Waals surface area contributed by atoms with Gasteiger partial charge in [0.05, 0.1) is 30.3 Å². The van der Waals surface area contributed by atoms with Crippen molar-refractivity contribution < 1.29 is 45.0 Å². The Morgan fingerprint density at radius 3 is 2.21 bits per heavy atom. The summed E-state index contributed by atoms with van der Waals surface area (Å²) in [5.74, 6) is -0.662. The lowest BCUT2D eigenvalue weighted by Crippen LogP contribution is -2.31. The van der Waals surface area contributed by atoms with Crippen molar-refractivity contribution in [1.82, 2.24) is 4.90 Å². The summed E-state index contributed by atoms with van der Waals surface area (Å²) >= 11 is 0. The van der Waals surface area contributed by atoms with Crippen LogP contribution in [0.3, 0.4) is 0 Å². The Hall–Kier alpha value is -3.76. The van der Waals surface area contributed by atoms with Crippen molar-refractivity contribution in [3.63, 3.8) is 0 Å². The molecule has 4 nitrogen and oxygen atoms in total. The third-order valence-corrected chi connectivity index (χ3v) is 7.94. The van der Waals surface area contributed by atoms with Crippen molar-refractivity contribution in [2.75, 3.05) is 7.11 Å². The lowest BCUT2D eigenvalue weighted by Gasteiger charge is -2.26. The average Bonchev–Trinajstić information content (AvgIpc) is 3.48. The van der Waals surface area contributed by atoms with E-state index in [1.165, 1.54) is 43.2 Å². The first-order valence-corrected chi connectivity index (χ1v) is 13.4. The highest BCUT2D eigenvalue weighted by atomic mass is 19.4. The lowest BCUT2D eigenvalue weighted by atomic mass is 9.89. The monoisotopic (exact) mass is 595 g/mol. The number of cyclic esters (lactones) is 1. The van der Waals surface area contributed by atoms with E-state index >= 15 is 0 Å². The van der Waals surface area contributed by atoms with E-state index in [1.54, 1.807) is 13.8 Å². The summed E-state index contributed by atoms with van der Waals surface area (Å²) in [6.07, 6.45) is -10.7. The summed E-state index contributed by atoms with van der Waals surface area (Å²) in [5.41, 5.74) is -0.168. The predicted octanol–water partition coefficient (Wildman–Crippen LogP) is 9.37. The molecule has 224 valence electrons. The maximum absolute atomic E-state index is 14.8. The van der Waals surface area contributed by atoms with Crippen LogP contribution in [0.2, 0.25) is 0 Å². The van der Waals surface area contributed by atoms with E-state index in [9.17, 15) is 35.5 Å². The largest absolute Gasteiger partial charge is 0.496 e. The molecule has 3 aromatic rings. The molecule has 5 rings (SSSR count). The first kappa shape index (κ1) is 29.7. The number of rotatable bonds is 5. The molecule has 0 unspecified atom stereocenters. The standard InChI is InChI=1S/C31H28F7NO3/c1-15(2)21-13-23(27(41-4)14-24(21)32)20-6-5-18(30(33,34)35)12-22(20)25-7-8-26-28(42-29(40)39(25)26)17-9-16(3)10-19(11-17)31(36,37)38/h5-6,9-15,25-26,28H,7-8H2,1-4H3/t25-,26-,28+/m0/s1. The van der Waals surface area contributed by atoms with Crippen LogP contribution in [0.4, 0.5) is 35.5 Å². The molecule has 0 radical (unpaired) electrons. The van der Waals surface area contributed by atoms with Gasteiger partial charge in [-0.2, -0.15) is 26.3 Å². The minimum atomic E-state index is -4.69. The van der Waals surface area contributed by atoms with E-state index in [0.29, 0.717) is 22.3 Å². The third kappa shape index (κ3) is 5.29. The van der Waals surface area contributed by atoms with E-state index in [-0.39, 0.29) is 35.6 Å². The highest BCUT2D eigenvalue weighted by Crippen LogP contribution is 2.51. The third-order valence-electron chi connectivity index (χ3n) is 7.94. The van der Waals surface area contributed by atoms with Crippen molar-refractivity contribution in [2.45, 2.75) is 70.1 Å². The number of carbonyl (C=O) groups excluding carboxylic acids is 1. The number of ether oxygens (including phenoxy) is 2. The van der Waals surface area contributed by atoms with E-state index in [2.05, 4.69) is 0 Å². The van der Waals surface area contributed by atoms with Crippen molar-refractivity contribution in [3.05, 3.63) is 87.7 Å². The Labute approximate surface area is 238 Å². The molecule has 0 aromatic heterocycles. The van der Waals surface area contributed by atoms with Gasteiger partial charge < -0.3 is 9.47 Å². The molecular weight excluding hydrogens is 567 g/mol. The van der Waals surface area contributed by atoms with Crippen molar-refractivity contribution in [3.8, 4) is 16.9 Å². The highest BCUT2D eigenvalue weighted by Gasteiger charge is 2.51. The molecule has 2 aliphatic rings. The Bertz CT molecular complexity index is 1530. The van der Waals surface area contributed by atoms with Crippen molar-refractivity contribution in [1.29, 1.82) is 0 Å². The van der Waals surface area contributed by atoms with Gasteiger partial charge in [-0.15, -0.1) is 0 Å². The molecule has 2 saturated heterocycles. The van der Waals surface area contributed by atoms with Crippen LogP contribution < -0.4 is 4.74 Å². The fourth-order valence-electron chi connectivity index (χ4n) is 6.04. The maximum Gasteiger partial charge on any atom is 0.416 e. The van der Waals surface area contributed by atoms with Crippen molar-refractivity contribution >= 4 is 6.09 Å². The number of hydrogen-bond acceptors (Lipinski definition) is 3. The van der Waals surface area contributed by atoms with Crippen LogP contribution in [0.1, 0.15) is 78.1 Å². The molecule has 2 fully saturated rings. The molecule has 2 aliphatic heterocycles. The first-order valence-electron chi connectivity index (χ1n) is 13.4. The Morgan fingerprint density at radius 1 is 0.905 bits per heavy atom. The summed E-state index contributed by atoms with van der Waals surface area (Å²) in [7, 11) is 1.32. The highest BCUT2D eigenvalue weighted by molar-refractivity contribution is 5.78. The zero-order chi connectivity index (χ0) is 30.7. The molecule has 3 atom stereocenters. The minimum absolute atomic E-state index is 0.105. The van der Waals surface area contributed by atoms with Gasteiger partial charge in [0.1, 0.15) is 17.7 Å². The molecular formula is C31H28F7NO3. The molecule has 0 bridgehead atoms. The number of aryl methyl sites for hydroxylation is 1. The van der Waals surface area contributed by atoms with Gasteiger partial charge in [-0.3, -0.25) is 4.90 Å². The SMILES string of the molecule is COc1cc(F)c(C(C)C)cc1-c1ccc(C(F)(F)F)cc1[C@@H]1CC[C@H]2[C@@H](c3cc(C)cc(C(F)(F)F)c3)OC(=O)N12. The van der Waals surface area contributed by atoms with Crippen LogP contribution in [-0.4, -0.2) is 24.1 Å². The smallest absolute Gasteiger partial charge is 0.416 e. The number of carbonyl (C=O) groups is 1. The second-order valence-corrected chi connectivity index (χ2v) is 11.0. The number of methoxy groups -OCH3 is 1. The fraction of sp³-hybridized carbons (Fsp3) is 0.387. The van der Waals surface area contributed by atoms with Crippen LogP contribution in [0.25, 0.3) is 11.1 Å². The van der Waals surface area contributed by atoms with Gasteiger partial charge in [-0.25, -0.2) is 9.18 Å². The normalized spacial score (nSPS) is 20.7. The van der Waals surface area contributed by atoms with Crippen LogP contribution in [0, 0.1) is 12.7 Å². The van der Waals surface area contributed by atoms with Crippen LogP contribution >= 0.6 is 0 Å². The molecule has 3 aromatic carbocycles. The summed E-state index contributed by atoms with van der Waals surface area (Å²) in [6.45, 7) is 5.06. The van der Waals surface area contributed by atoms with E-state index in [4.69, 9.17) is 9.47 Å². The summed E-state index contributed by atoms with van der Waals surface area (Å²) in [4.78, 5) is 14.5. The Balaban J connectivity index is 1.62. The number of hydrogen-bond donors (Lipinski definition) is 0. The molecule has 0 N–H and O–H groups in total. The second-order valence-electron chi connectivity index (χ2n) is 11.0. The van der Waals surface area contributed by atoms with Crippen molar-refractivity contribution in [2.24, 2.45) is 0 Å². The molecule has 2 heterocycles. The topological polar surface area (TPSA) is 38.8 Å². The van der Waals surface area contributed by atoms with Gasteiger partial charge in [-0.1, -0.05) is 31.5 Å². The van der Waals surface area contributed by atoms with Gasteiger partial charge in [0.25, 0.3) is 0 Å². The number of halogens is 7. The number of benzene rings is 3. The minimum Gasteiger partial charge on any atom is -0.496 e. The molecule has 0 spiro atoms. The Kier molecular flexibility index (Phi) is 7.43. The van der Waals surface area contributed by atoms with Crippen LogP contribution in [0.5, 0.6) is 5.75 Å². The molecule has 0 aliphatic carbocycles. The number of fused-ring (bicyclic) bond motifs is 1. The van der Waals surface area contributed by atoms with Gasteiger partial charge in [-0.05, 0) is 78.3 Å². The maximum atomic E-state index is 14.8. The van der Waals surface area contributed by atoms with Gasteiger partial charge in [0, 0.05) is 11.6 Å². The molecule has 11 heteroatoms. The average molecular weight is 596 g/mol. The van der Waals surface area contributed by atoms with Gasteiger partial charge in [0.15, 0.2) is 0 Å². The molecule has 42 heavy (non-hydrogen) atoms. The molecule has 1 amide bonds. The fourth-order valence-corrected chi connectivity index (χ4v) is 6.04. The zero-order valence-corrected chi connectivity index (χ0v) is 23.2. The number of alkyl halides is 6. The van der Waals surface area contributed by atoms with Crippen LogP contribution in [-0.2, 0) is 17.1 Å². The number of amides is 1. The van der Waals surface area contributed by atoms with E-state index < -0.39 is 53.6 Å². The summed E-state index contributed by atoms with van der Waals surface area (Å²) in [6, 6.07) is 7.74. The number of nitrogens with zero attached hydrogens (tertiary/aromatic N) is 1. The van der Waals surface area contributed by atoms with E-state index in [0.717, 1.165) is 24.3 Å². The summed E-state index contributed by atoms with van der Waals surface area (Å²) in [5, 5.41) is 0.